The number of nitrogens with one attached hydrogen (secondary N) is 2. The van der Waals surface area contributed by atoms with Crippen molar-refractivity contribution >= 4 is 17.5 Å². The van der Waals surface area contributed by atoms with Gasteiger partial charge in [0.2, 0.25) is 5.95 Å². The summed E-state index contributed by atoms with van der Waals surface area (Å²) in [5.74, 6) is 5.35. The van der Waals surface area contributed by atoms with Crippen LogP contribution in [-0.4, -0.2) is 9.97 Å². The Bertz CT molecular complexity index is 649. The lowest BCUT2D eigenvalue weighted by Gasteiger charge is -2.10. The minimum atomic E-state index is -0.528. The van der Waals surface area contributed by atoms with E-state index in [-0.39, 0.29) is 17.2 Å². The van der Waals surface area contributed by atoms with Gasteiger partial charge < -0.3 is 5.32 Å². The first-order valence-corrected chi connectivity index (χ1v) is 5.41. The van der Waals surface area contributed by atoms with Crippen LogP contribution in [0, 0.1) is 24.1 Å². The number of aryl methyl sites for hydroxylation is 1. The minimum Gasteiger partial charge on any atom is -0.337 e. The summed E-state index contributed by atoms with van der Waals surface area (Å²) in [6.45, 7) is 1.78. The third-order valence-corrected chi connectivity index (χ3v) is 2.45. The van der Waals surface area contributed by atoms with Crippen LogP contribution in [0.2, 0.25) is 0 Å². The number of hydrogen-bond acceptors (Lipinski definition) is 6. The van der Waals surface area contributed by atoms with Crippen molar-refractivity contribution in [1.29, 1.82) is 5.26 Å². The predicted octanol–water partition coefficient (Wildman–Crippen LogP) is 1.82. The zero-order valence-corrected chi connectivity index (χ0v) is 10.1. The van der Waals surface area contributed by atoms with E-state index in [2.05, 4.69) is 20.7 Å². The molecule has 7 heteroatoms. The van der Waals surface area contributed by atoms with Crippen LogP contribution in [-0.2, 0) is 0 Å². The molecule has 1 heterocycles. The second kappa shape index (κ2) is 5.29. The van der Waals surface area contributed by atoms with Crippen LogP contribution in [0.5, 0.6) is 0 Å². The summed E-state index contributed by atoms with van der Waals surface area (Å²) >= 11 is 0. The van der Waals surface area contributed by atoms with Gasteiger partial charge in [0.05, 0.1) is 17.3 Å². The molecule has 1 aromatic heterocycles. The fourth-order valence-corrected chi connectivity index (χ4v) is 1.45. The Hall–Kier alpha value is -2.72. The van der Waals surface area contributed by atoms with Crippen LogP contribution in [0.4, 0.5) is 21.8 Å². The summed E-state index contributed by atoms with van der Waals surface area (Å²) in [6.07, 6.45) is 1.56. The van der Waals surface area contributed by atoms with E-state index in [0.29, 0.717) is 5.82 Å². The van der Waals surface area contributed by atoms with Gasteiger partial charge in [0.25, 0.3) is 0 Å². The van der Waals surface area contributed by atoms with Gasteiger partial charge in [-0.2, -0.15) is 10.2 Å². The second-order valence-electron chi connectivity index (χ2n) is 3.80. The molecule has 0 unspecified atom stereocenters. The molecule has 1 aromatic carbocycles. The molecule has 0 saturated heterocycles. The molecular formula is C12H11FN6. The van der Waals surface area contributed by atoms with Crippen LogP contribution in [0.3, 0.4) is 0 Å². The van der Waals surface area contributed by atoms with Crippen molar-refractivity contribution in [3.8, 4) is 6.07 Å². The number of nitrogen functional groups attached to an aromatic ring is 1. The third-order valence-electron chi connectivity index (χ3n) is 2.45. The summed E-state index contributed by atoms with van der Waals surface area (Å²) in [5, 5.41) is 11.5. The number of rotatable bonds is 3. The van der Waals surface area contributed by atoms with Crippen LogP contribution in [0.15, 0.2) is 24.4 Å². The molecule has 0 saturated carbocycles. The Kier molecular flexibility index (Phi) is 3.54. The quantitative estimate of drug-likeness (QED) is 0.573. The number of aromatic nitrogens is 2. The third kappa shape index (κ3) is 2.75. The van der Waals surface area contributed by atoms with Crippen LogP contribution in [0.25, 0.3) is 0 Å². The summed E-state index contributed by atoms with van der Waals surface area (Å²) in [7, 11) is 0. The monoisotopic (exact) mass is 258 g/mol. The van der Waals surface area contributed by atoms with Crippen LogP contribution >= 0.6 is 0 Å². The molecule has 0 bridgehead atoms. The molecule has 96 valence electrons. The predicted molar refractivity (Wildman–Crippen MR) is 69.0 cm³/mol. The molecule has 0 fully saturated rings. The first-order chi connectivity index (χ1) is 9.13. The number of anilines is 3. The Morgan fingerprint density at radius 2 is 2.21 bits per heavy atom. The molecular weight excluding hydrogens is 247 g/mol. The average molecular weight is 258 g/mol. The second-order valence-corrected chi connectivity index (χ2v) is 3.80. The fraction of sp³-hybridized carbons (Fsp3) is 0.0833. The van der Waals surface area contributed by atoms with Gasteiger partial charge in [-0.15, -0.1) is 0 Å². The van der Waals surface area contributed by atoms with Crippen molar-refractivity contribution in [3.05, 3.63) is 41.3 Å². The number of halogens is 1. The van der Waals surface area contributed by atoms with Gasteiger partial charge in [-0.3, -0.25) is 5.43 Å². The average Bonchev–Trinajstić information content (AvgIpc) is 2.43. The largest absolute Gasteiger partial charge is 0.337 e. The first-order valence-electron chi connectivity index (χ1n) is 5.41. The van der Waals surface area contributed by atoms with Gasteiger partial charge in [-0.1, -0.05) is 0 Å². The molecule has 0 atom stereocenters. The molecule has 0 aliphatic heterocycles. The van der Waals surface area contributed by atoms with E-state index in [1.807, 2.05) is 6.07 Å². The highest BCUT2D eigenvalue weighted by Gasteiger charge is 2.08. The Labute approximate surface area is 109 Å². The van der Waals surface area contributed by atoms with Crippen molar-refractivity contribution in [2.45, 2.75) is 6.92 Å². The number of benzene rings is 1. The molecule has 0 radical (unpaired) electrons. The first kappa shape index (κ1) is 12.7. The van der Waals surface area contributed by atoms with E-state index in [1.165, 1.54) is 12.1 Å². The zero-order chi connectivity index (χ0) is 13.8. The maximum atomic E-state index is 13.7. The number of nitrogens with two attached hydrogens (primary N) is 1. The Morgan fingerprint density at radius 3 is 2.84 bits per heavy atom. The summed E-state index contributed by atoms with van der Waals surface area (Å²) < 4.78 is 13.7. The van der Waals surface area contributed by atoms with E-state index in [4.69, 9.17) is 11.1 Å². The Balaban J connectivity index is 2.33. The van der Waals surface area contributed by atoms with E-state index < -0.39 is 5.82 Å². The van der Waals surface area contributed by atoms with E-state index in [9.17, 15) is 4.39 Å². The standard InChI is InChI=1S/C12H11FN6/c1-7-6-16-12(19-15)18-11(7)17-10-3-2-8(5-14)4-9(10)13/h2-4,6H,15H2,1H3,(H2,16,17,18,19). The molecule has 0 spiro atoms. The summed E-state index contributed by atoms with van der Waals surface area (Å²) in [4.78, 5) is 8.00. The molecule has 19 heavy (non-hydrogen) atoms. The van der Waals surface area contributed by atoms with Gasteiger partial charge >= 0.3 is 0 Å². The molecule has 2 aromatic rings. The minimum absolute atomic E-state index is 0.224. The lowest BCUT2D eigenvalue weighted by atomic mass is 10.2. The van der Waals surface area contributed by atoms with Crippen molar-refractivity contribution < 1.29 is 4.39 Å². The highest BCUT2D eigenvalue weighted by molar-refractivity contribution is 5.61. The van der Waals surface area contributed by atoms with Gasteiger partial charge in [0.15, 0.2) is 0 Å². The van der Waals surface area contributed by atoms with Gasteiger partial charge in [0, 0.05) is 11.8 Å². The van der Waals surface area contributed by atoms with Crippen LogP contribution < -0.4 is 16.6 Å². The van der Waals surface area contributed by atoms with Gasteiger partial charge in [-0.05, 0) is 25.1 Å². The molecule has 0 amide bonds. The Morgan fingerprint density at radius 1 is 1.42 bits per heavy atom. The number of nitrogens with zero attached hydrogens (tertiary/aromatic N) is 3. The topological polar surface area (TPSA) is 99.7 Å². The smallest absolute Gasteiger partial charge is 0.239 e. The molecule has 4 N–H and O–H groups in total. The van der Waals surface area contributed by atoms with E-state index in [1.54, 1.807) is 13.1 Å². The van der Waals surface area contributed by atoms with Crippen molar-refractivity contribution in [2.24, 2.45) is 5.84 Å². The maximum Gasteiger partial charge on any atom is 0.239 e. The van der Waals surface area contributed by atoms with E-state index >= 15 is 0 Å². The molecule has 2 rings (SSSR count). The maximum absolute atomic E-state index is 13.7. The SMILES string of the molecule is Cc1cnc(NN)nc1Nc1ccc(C#N)cc1F. The highest BCUT2D eigenvalue weighted by Crippen LogP contribution is 2.22. The van der Waals surface area contributed by atoms with Crippen molar-refractivity contribution in [2.75, 3.05) is 10.7 Å². The normalized spacial score (nSPS) is 9.79. The molecule has 6 nitrogen and oxygen atoms in total. The van der Waals surface area contributed by atoms with E-state index in [0.717, 1.165) is 11.6 Å². The zero-order valence-electron chi connectivity index (χ0n) is 10.1. The number of nitriles is 1. The van der Waals surface area contributed by atoms with Crippen molar-refractivity contribution in [1.82, 2.24) is 9.97 Å². The number of hydrazine groups is 1. The highest BCUT2D eigenvalue weighted by atomic mass is 19.1. The lowest BCUT2D eigenvalue weighted by Crippen LogP contribution is -2.11. The van der Waals surface area contributed by atoms with Crippen LogP contribution in [0.1, 0.15) is 11.1 Å². The summed E-state index contributed by atoms with van der Waals surface area (Å²) in [6, 6.07) is 6.02. The van der Waals surface area contributed by atoms with Gasteiger partial charge in [0.1, 0.15) is 11.6 Å². The lowest BCUT2D eigenvalue weighted by molar-refractivity contribution is 0.631. The summed E-state index contributed by atoms with van der Waals surface area (Å²) in [5.41, 5.74) is 3.53. The van der Waals surface area contributed by atoms with Crippen molar-refractivity contribution in [3.63, 3.8) is 0 Å². The fourth-order valence-electron chi connectivity index (χ4n) is 1.45. The molecule has 0 aliphatic rings. The molecule has 0 aliphatic carbocycles. The number of hydrogen-bond donors (Lipinski definition) is 3. The van der Waals surface area contributed by atoms with Gasteiger partial charge in [-0.25, -0.2) is 15.2 Å².